The Balaban J connectivity index is 3.72. The molecule has 0 heterocycles. The van der Waals surface area contributed by atoms with Crippen molar-refractivity contribution in [1.29, 1.82) is 0 Å². The zero-order valence-electron chi connectivity index (χ0n) is 6.86. The highest BCUT2D eigenvalue weighted by Gasteiger charge is 2.07. The number of nitrogens with zero attached hydrogens (tertiary/aromatic N) is 1. The van der Waals surface area contributed by atoms with Gasteiger partial charge in [0.25, 0.3) is 0 Å². The van der Waals surface area contributed by atoms with Gasteiger partial charge >= 0.3 is 0 Å². The number of hydrogen-bond acceptors (Lipinski definition) is 4. The summed E-state index contributed by atoms with van der Waals surface area (Å²) >= 11 is -2.02. The van der Waals surface area contributed by atoms with Crippen LogP contribution in [0.15, 0.2) is 17.3 Å². The van der Waals surface area contributed by atoms with E-state index in [0.29, 0.717) is 6.54 Å². The molecule has 12 heavy (non-hydrogen) atoms. The molecule has 0 radical (unpaired) electrons. The molecule has 0 fully saturated rings. The Morgan fingerprint density at radius 3 is 2.92 bits per heavy atom. The maximum atomic E-state index is 10.5. The highest BCUT2D eigenvalue weighted by atomic mass is 32.2. The van der Waals surface area contributed by atoms with E-state index in [1.54, 1.807) is 19.3 Å². The van der Waals surface area contributed by atoms with Crippen molar-refractivity contribution in [3.8, 4) is 0 Å². The largest absolute Gasteiger partial charge is 0.358 e. The Bertz CT molecular complexity index is 184. The fourth-order valence-electron chi connectivity index (χ4n) is 0.502. The molecule has 70 valence electrons. The molecule has 2 atom stereocenters. The molecule has 0 amide bonds. The lowest BCUT2D eigenvalue weighted by Crippen LogP contribution is -2.26. The molecular weight excluding hydrogens is 178 g/mol. The van der Waals surface area contributed by atoms with E-state index >= 15 is 0 Å². The molecule has 0 spiro atoms. The zero-order valence-corrected chi connectivity index (χ0v) is 7.67. The van der Waals surface area contributed by atoms with Gasteiger partial charge in [-0.05, 0) is 20.0 Å². The summed E-state index contributed by atoms with van der Waals surface area (Å²) in [5.41, 5.74) is -0.849. The lowest BCUT2D eigenvalue weighted by Gasteiger charge is -2.05. The van der Waals surface area contributed by atoms with Gasteiger partial charge in [-0.1, -0.05) is 6.08 Å². The average molecular weight is 191 g/mol. The molecule has 0 aliphatic heterocycles. The molecular formula is C6H13N3O2S. The van der Waals surface area contributed by atoms with E-state index in [9.17, 15) is 4.21 Å². The topological polar surface area (TPSA) is 73.7 Å². The summed E-state index contributed by atoms with van der Waals surface area (Å²) < 4.78 is 19.1. The summed E-state index contributed by atoms with van der Waals surface area (Å²) in [6.07, 6.45) is 3.33. The quantitative estimate of drug-likeness (QED) is 0.391. The first-order valence-corrected chi connectivity index (χ1v) is 4.50. The molecule has 0 aromatic rings. The van der Waals surface area contributed by atoms with Crippen molar-refractivity contribution in [3.63, 3.8) is 0 Å². The molecule has 0 aliphatic rings. The van der Waals surface area contributed by atoms with Crippen molar-refractivity contribution in [2.24, 2.45) is 4.99 Å². The van der Waals surface area contributed by atoms with Crippen molar-refractivity contribution in [2.75, 3.05) is 13.6 Å². The van der Waals surface area contributed by atoms with Gasteiger partial charge in [0.1, 0.15) is 0 Å². The molecule has 0 bridgehead atoms. The maximum absolute atomic E-state index is 10.5. The van der Waals surface area contributed by atoms with Crippen molar-refractivity contribution < 1.29 is 8.76 Å². The van der Waals surface area contributed by atoms with Crippen LogP contribution in [-0.4, -0.2) is 34.6 Å². The second-order valence-electron chi connectivity index (χ2n) is 1.94. The number of aliphatic imine (C=N–C) groups is 1. The maximum Gasteiger partial charge on any atom is 0.220 e. The number of hydrogen-bond donors (Lipinski definition) is 3. The van der Waals surface area contributed by atoms with Crippen LogP contribution in [0.5, 0.6) is 0 Å². The summed E-state index contributed by atoms with van der Waals surface area (Å²) in [7, 11) is 1.80. The van der Waals surface area contributed by atoms with Crippen LogP contribution in [-0.2, 0) is 11.1 Å². The van der Waals surface area contributed by atoms with Crippen molar-refractivity contribution in [3.05, 3.63) is 12.3 Å². The molecule has 0 saturated heterocycles. The van der Waals surface area contributed by atoms with E-state index in [4.69, 9.17) is 4.55 Å². The monoisotopic (exact) mass is 191 g/mol. The molecule has 0 aromatic heterocycles. The first-order valence-electron chi connectivity index (χ1n) is 3.33. The summed E-state index contributed by atoms with van der Waals surface area (Å²) in [5, 5.41) is 5.48. The summed E-state index contributed by atoms with van der Waals surface area (Å²) in [6.45, 7) is 3.86. The second-order valence-corrected chi connectivity index (χ2v) is 2.94. The van der Waals surface area contributed by atoms with Gasteiger partial charge in [0, 0.05) is 6.54 Å². The van der Waals surface area contributed by atoms with Gasteiger partial charge in [-0.2, -0.15) is 0 Å². The van der Waals surface area contributed by atoms with Gasteiger partial charge in [0.15, 0.2) is 11.1 Å². The van der Waals surface area contributed by atoms with Crippen LogP contribution in [0.2, 0.25) is 0 Å². The van der Waals surface area contributed by atoms with Crippen LogP contribution in [0, 0.1) is 0 Å². The molecule has 5 nitrogen and oxygen atoms in total. The molecule has 0 rings (SSSR count). The van der Waals surface area contributed by atoms with Crippen molar-refractivity contribution >= 4 is 17.8 Å². The molecule has 0 aliphatic carbocycles. The van der Waals surface area contributed by atoms with Crippen LogP contribution in [0.1, 0.15) is 0 Å². The van der Waals surface area contributed by atoms with Gasteiger partial charge in [0.2, 0.25) is 5.50 Å². The summed E-state index contributed by atoms with van der Waals surface area (Å²) in [4.78, 5) is 3.40. The van der Waals surface area contributed by atoms with Gasteiger partial charge in [0.05, 0.1) is 0 Å². The van der Waals surface area contributed by atoms with Crippen LogP contribution in [0.4, 0.5) is 0 Å². The molecule has 2 unspecified atom stereocenters. The third-order valence-corrected chi connectivity index (χ3v) is 1.70. The van der Waals surface area contributed by atoms with E-state index < -0.39 is 16.6 Å². The van der Waals surface area contributed by atoms with E-state index in [1.807, 2.05) is 0 Å². The minimum atomic E-state index is -2.02. The predicted molar refractivity (Wildman–Crippen MR) is 50.3 cm³/mol. The Morgan fingerprint density at radius 1 is 1.83 bits per heavy atom. The smallest absolute Gasteiger partial charge is 0.220 e. The minimum Gasteiger partial charge on any atom is -0.358 e. The van der Waals surface area contributed by atoms with Gasteiger partial charge in [-0.15, -0.1) is 0 Å². The van der Waals surface area contributed by atoms with E-state index in [2.05, 4.69) is 22.3 Å². The number of nitrogens with one attached hydrogen (secondary N) is 2. The summed E-state index contributed by atoms with van der Waals surface area (Å²) in [6, 6.07) is 0. The molecule has 0 aromatic carbocycles. The van der Waals surface area contributed by atoms with Gasteiger partial charge in [-0.25, -0.2) is 4.21 Å². The lowest BCUT2D eigenvalue weighted by atomic mass is 10.6. The molecule has 6 heteroatoms. The number of rotatable bonds is 6. The summed E-state index contributed by atoms with van der Waals surface area (Å²) in [5.74, 6) is 0. The standard InChI is InChI=1S/C6H13N3O2S/c1-7-4-3-5-9-6(8-2)12(10)11/h3,5-7,9H,2,4H2,1H3,(H,10,11)/b5-3+. The van der Waals surface area contributed by atoms with Crippen LogP contribution in [0.25, 0.3) is 0 Å². The minimum absolute atomic E-state index is 0.689. The first kappa shape index (κ1) is 11.3. The third kappa shape index (κ3) is 5.00. The molecule has 3 N–H and O–H groups in total. The first-order chi connectivity index (χ1) is 5.72. The average Bonchev–Trinajstić information content (AvgIpc) is 2.04. The normalized spacial score (nSPS) is 15.8. The SMILES string of the molecule is C=NC(N/C=C/CNC)S(=O)O. The second kappa shape index (κ2) is 6.96. The van der Waals surface area contributed by atoms with Gasteiger partial charge < -0.3 is 15.2 Å². The van der Waals surface area contributed by atoms with Crippen LogP contribution >= 0.6 is 0 Å². The van der Waals surface area contributed by atoms with Crippen LogP contribution < -0.4 is 10.6 Å². The Morgan fingerprint density at radius 2 is 2.50 bits per heavy atom. The third-order valence-electron chi connectivity index (χ3n) is 1.04. The highest BCUT2D eigenvalue weighted by Crippen LogP contribution is 1.88. The van der Waals surface area contributed by atoms with Crippen molar-refractivity contribution in [1.82, 2.24) is 10.6 Å². The molecule has 0 saturated carbocycles. The number of likely N-dealkylation sites (N-methyl/N-ethyl adjacent to an activating group) is 1. The van der Waals surface area contributed by atoms with Crippen LogP contribution in [0.3, 0.4) is 0 Å². The van der Waals surface area contributed by atoms with Crippen molar-refractivity contribution in [2.45, 2.75) is 5.50 Å². The van der Waals surface area contributed by atoms with Gasteiger partial charge in [-0.3, -0.25) is 4.99 Å². The zero-order chi connectivity index (χ0) is 9.40. The van der Waals surface area contributed by atoms with E-state index in [0.717, 1.165) is 0 Å². The Hall–Kier alpha value is -0.720. The van der Waals surface area contributed by atoms with E-state index in [1.165, 1.54) is 0 Å². The Labute approximate surface area is 74.2 Å². The van der Waals surface area contributed by atoms with E-state index in [-0.39, 0.29) is 0 Å². The fourth-order valence-corrected chi connectivity index (χ4v) is 0.824. The lowest BCUT2D eigenvalue weighted by molar-refractivity contribution is 0.541. The highest BCUT2D eigenvalue weighted by molar-refractivity contribution is 7.79. The fraction of sp³-hybridized carbons (Fsp3) is 0.500. The predicted octanol–water partition coefficient (Wildman–Crippen LogP) is -0.485. The Kier molecular flexibility index (Phi) is 6.54.